The van der Waals surface area contributed by atoms with E-state index in [9.17, 15) is 17.6 Å². The van der Waals surface area contributed by atoms with Crippen LogP contribution in [0, 0.1) is 6.92 Å². The maximum atomic E-state index is 12.6. The van der Waals surface area contributed by atoms with Gasteiger partial charge in [-0.2, -0.15) is 17.6 Å². The first kappa shape index (κ1) is 18.7. The van der Waals surface area contributed by atoms with Crippen molar-refractivity contribution in [1.82, 2.24) is 4.98 Å². The smallest absolute Gasteiger partial charge is 0.387 e. The van der Waals surface area contributed by atoms with Crippen LogP contribution in [0.15, 0.2) is 48.5 Å². The Morgan fingerprint density at radius 2 is 1.63 bits per heavy atom. The highest BCUT2D eigenvalue weighted by Gasteiger charge is 2.12. The quantitative estimate of drug-likeness (QED) is 0.500. The highest BCUT2D eigenvalue weighted by Crippen LogP contribution is 2.29. The molecule has 0 atom stereocenters. The molecule has 0 unspecified atom stereocenters. The molecular formula is C20H15F4NO2. The summed E-state index contributed by atoms with van der Waals surface area (Å²) in [5.74, 6) is -0.534. The Hall–Kier alpha value is -3.09. The number of ether oxygens (including phenoxy) is 2. The molecule has 3 nitrogen and oxygen atoms in total. The van der Waals surface area contributed by atoms with Crippen LogP contribution in [0.4, 0.5) is 17.6 Å². The maximum Gasteiger partial charge on any atom is 0.387 e. The van der Waals surface area contributed by atoms with Gasteiger partial charge in [-0.05, 0) is 49.4 Å². The van der Waals surface area contributed by atoms with Gasteiger partial charge in [-0.1, -0.05) is 17.7 Å². The van der Waals surface area contributed by atoms with Crippen LogP contribution < -0.4 is 9.47 Å². The predicted octanol–water partition coefficient (Wildman–Crippen LogP) is 5.92. The molecule has 0 radical (unpaired) electrons. The van der Waals surface area contributed by atoms with E-state index in [0.717, 1.165) is 22.5 Å². The molecule has 3 aromatic rings. The van der Waals surface area contributed by atoms with Gasteiger partial charge >= 0.3 is 13.2 Å². The summed E-state index contributed by atoms with van der Waals surface area (Å²) in [5, 5.41) is 0.988. The summed E-state index contributed by atoms with van der Waals surface area (Å²) < 4.78 is 58.5. The second-order valence-electron chi connectivity index (χ2n) is 5.72. The Balaban J connectivity index is 1.89. The minimum atomic E-state index is -3.10. The number of nitrogens with zero attached hydrogens (tertiary/aromatic N) is 1. The fraction of sp³-hybridized carbons (Fsp3) is 0.150. The Morgan fingerprint density at radius 3 is 2.37 bits per heavy atom. The topological polar surface area (TPSA) is 31.4 Å². The van der Waals surface area contributed by atoms with E-state index in [0.29, 0.717) is 5.69 Å². The molecule has 0 aliphatic heterocycles. The zero-order chi connectivity index (χ0) is 19.4. The van der Waals surface area contributed by atoms with Gasteiger partial charge in [0.05, 0.1) is 11.2 Å². The number of benzene rings is 2. The average Bonchev–Trinajstić information content (AvgIpc) is 2.60. The normalized spacial score (nSPS) is 11.7. The molecule has 0 N–H and O–H groups in total. The second kappa shape index (κ2) is 8.07. The highest BCUT2D eigenvalue weighted by atomic mass is 19.3. The highest BCUT2D eigenvalue weighted by molar-refractivity contribution is 5.82. The van der Waals surface area contributed by atoms with E-state index in [4.69, 9.17) is 0 Å². The van der Waals surface area contributed by atoms with Gasteiger partial charge in [0.2, 0.25) is 0 Å². The van der Waals surface area contributed by atoms with Crippen LogP contribution in [-0.4, -0.2) is 18.2 Å². The fourth-order valence-corrected chi connectivity index (χ4v) is 2.56. The van der Waals surface area contributed by atoms with Crippen molar-refractivity contribution in [3.05, 3.63) is 65.4 Å². The number of halogens is 4. The van der Waals surface area contributed by atoms with Gasteiger partial charge in [0.25, 0.3) is 0 Å². The monoisotopic (exact) mass is 377 g/mol. The van der Waals surface area contributed by atoms with Gasteiger partial charge in [0.15, 0.2) is 0 Å². The number of aryl methyl sites for hydroxylation is 1. The molecule has 0 aliphatic rings. The van der Waals surface area contributed by atoms with Crippen molar-refractivity contribution in [1.29, 1.82) is 0 Å². The molecule has 0 aliphatic carbocycles. The second-order valence-corrected chi connectivity index (χ2v) is 5.72. The third kappa shape index (κ3) is 4.97. The van der Waals surface area contributed by atoms with E-state index in [1.165, 1.54) is 18.2 Å². The van der Waals surface area contributed by atoms with Crippen LogP contribution >= 0.6 is 0 Å². The Morgan fingerprint density at radius 1 is 0.852 bits per heavy atom. The Bertz CT molecular complexity index is 973. The van der Waals surface area contributed by atoms with Crippen LogP contribution in [0.25, 0.3) is 23.1 Å². The number of fused-ring (bicyclic) bond motifs is 1. The molecule has 27 heavy (non-hydrogen) atoms. The van der Waals surface area contributed by atoms with E-state index in [1.54, 1.807) is 12.1 Å². The van der Waals surface area contributed by atoms with E-state index in [-0.39, 0.29) is 17.1 Å². The summed E-state index contributed by atoms with van der Waals surface area (Å²) in [5.41, 5.74) is 2.81. The molecule has 140 valence electrons. The lowest BCUT2D eigenvalue weighted by Crippen LogP contribution is -2.05. The molecule has 1 aromatic heterocycles. The molecule has 0 saturated carbocycles. The number of hydrogen-bond acceptors (Lipinski definition) is 3. The van der Waals surface area contributed by atoms with Crippen molar-refractivity contribution < 1.29 is 27.0 Å². The largest absolute Gasteiger partial charge is 0.435 e. The van der Waals surface area contributed by atoms with E-state index < -0.39 is 13.2 Å². The SMILES string of the molecule is Cc1ccc2nc(C=Cc3ccc(OC(F)F)cc3OC(F)F)ccc2c1. The first-order chi connectivity index (χ1) is 12.9. The number of aromatic nitrogens is 1. The lowest BCUT2D eigenvalue weighted by atomic mass is 10.1. The van der Waals surface area contributed by atoms with Gasteiger partial charge in [-0.15, -0.1) is 0 Å². The summed E-state index contributed by atoms with van der Waals surface area (Å²) in [6.45, 7) is -4.17. The Labute approximate surface area is 152 Å². The molecular weight excluding hydrogens is 362 g/mol. The van der Waals surface area contributed by atoms with Crippen molar-refractivity contribution in [3.63, 3.8) is 0 Å². The van der Waals surface area contributed by atoms with Crippen molar-refractivity contribution in [2.75, 3.05) is 0 Å². The zero-order valence-corrected chi connectivity index (χ0v) is 14.2. The number of hydrogen-bond donors (Lipinski definition) is 0. The molecule has 0 spiro atoms. The van der Waals surface area contributed by atoms with E-state index in [1.807, 2.05) is 31.2 Å². The minimum absolute atomic E-state index is 0.267. The summed E-state index contributed by atoms with van der Waals surface area (Å²) in [4.78, 5) is 4.48. The standard InChI is InChI=1S/C20H15F4NO2/c1-12-2-9-17-14(10-12)4-7-15(25-17)6-3-13-5-8-16(26-19(21)22)11-18(13)27-20(23)24/h2-11,19-20H,1H3. The predicted molar refractivity (Wildman–Crippen MR) is 95.1 cm³/mol. The van der Waals surface area contributed by atoms with Crippen LogP contribution in [0.3, 0.4) is 0 Å². The van der Waals surface area contributed by atoms with Gasteiger partial charge < -0.3 is 9.47 Å². The van der Waals surface area contributed by atoms with Gasteiger partial charge in [0.1, 0.15) is 11.5 Å². The lowest BCUT2D eigenvalue weighted by Gasteiger charge is -2.11. The number of rotatable bonds is 6. The number of pyridine rings is 1. The van der Waals surface area contributed by atoms with Crippen molar-refractivity contribution >= 4 is 23.1 Å². The maximum absolute atomic E-state index is 12.6. The van der Waals surface area contributed by atoms with Crippen LogP contribution in [0.5, 0.6) is 11.5 Å². The van der Waals surface area contributed by atoms with Gasteiger partial charge in [0, 0.05) is 17.0 Å². The fourth-order valence-electron chi connectivity index (χ4n) is 2.56. The minimum Gasteiger partial charge on any atom is -0.435 e. The third-order valence-electron chi connectivity index (χ3n) is 3.73. The molecule has 7 heteroatoms. The van der Waals surface area contributed by atoms with Crippen LogP contribution in [0.1, 0.15) is 16.8 Å². The summed E-state index contributed by atoms with van der Waals surface area (Å²) in [6.07, 6.45) is 3.15. The van der Waals surface area contributed by atoms with Crippen LogP contribution in [0.2, 0.25) is 0 Å². The third-order valence-corrected chi connectivity index (χ3v) is 3.73. The number of alkyl halides is 4. The molecule has 0 saturated heterocycles. The van der Waals surface area contributed by atoms with E-state index in [2.05, 4.69) is 14.5 Å². The van der Waals surface area contributed by atoms with E-state index >= 15 is 0 Å². The molecule has 0 bridgehead atoms. The summed E-state index contributed by atoms with van der Waals surface area (Å²) in [6, 6.07) is 13.1. The van der Waals surface area contributed by atoms with Gasteiger partial charge in [-0.3, -0.25) is 0 Å². The first-order valence-electron chi connectivity index (χ1n) is 8.00. The zero-order valence-electron chi connectivity index (χ0n) is 14.2. The van der Waals surface area contributed by atoms with Crippen molar-refractivity contribution in [3.8, 4) is 11.5 Å². The lowest BCUT2D eigenvalue weighted by molar-refractivity contribution is -0.0543. The van der Waals surface area contributed by atoms with Crippen molar-refractivity contribution in [2.24, 2.45) is 0 Å². The van der Waals surface area contributed by atoms with Crippen LogP contribution in [-0.2, 0) is 0 Å². The molecule has 1 heterocycles. The molecule has 3 rings (SSSR count). The molecule has 0 amide bonds. The summed E-state index contributed by atoms with van der Waals surface area (Å²) >= 11 is 0. The first-order valence-corrected chi connectivity index (χ1v) is 8.00. The van der Waals surface area contributed by atoms with Crippen molar-refractivity contribution in [2.45, 2.75) is 20.1 Å². The van der Waals surface area contributed by atoms with Gasteiger partial charge in [-0.25, -0.2) is 4.98 Å². The summed E-state index contributed by atoms with van der Waals surface area (Å²) in [7, 11) is 0. The molecule has 2 aromatic carbocycles. The average molecular weight is 377 g/mol. The Kier molecular flexibility index (Phi) is 5.59. The molecule has 0 fully saturated rings.